The van der Waals surface area contributed by atoms with E-state index >= 15 is 0 Å². The van der Waals surface area contributed by atoms with Gasteiger partial charge in [-0.05, 0) is 141 Å². The molecule has 6 nitrogen and oxygen atoms in total. The normalized spacial score (nSPS) is 13.4. The maximum absolute atomic E-state index is 12.9. The van der Waals surface area contributed by atoms with Crippen LogP contribution >= 0.6 is 0 Å². The van der Waals surface area contributed by atoms with Gasteiger partial charge in [0.2, 0.25) is 0 Å². The average Bonchev–Trinajstić information content (AvgIpc) is 3.46. The first-order valence-corrected chi connectivity index (χ1v) is 32.3. The van der Waals surface area contributed by atoms with Crippen LogP contribution in [-0.2, 0) is 28.6 Å². The average molecular weight is 1110 g/mol. The number of hydrogen-bond donors (Lipinski definition) is 0. The number of esters is 3. The highest BCUT2D eigenvalue weighted by Gasteiger charge is 2.19. The Hall–Kier alpha value is -5.49. The largest absolute Gasteiger partial charge is 0.462 e. The highest BCUT2D eigenvalue weighted by molar-refractivity contribution is 5.71. The van der Waals surface area contributed by atoms with Crippen molar-refractivity contribution in [1.29, 1.82) is 0 Å². The van der Waals surface area contributed by atoms with Crippen molar-refractivity contribution in [1.82, 2.24) is 0 Å². The SMILES string of the molecule is CC/C=C\C/C=C\C/C=C\C/C=C\C/C=C\C/C=C\C/C=C\C/C=C\CCCCC(=O)OC(COC(=O)CCCCCCCCC)COC(=O)CCCCCCCCC/C=C\C/C=C\C/C=C\C/C=C\C/C=C\C/C=C\C/C=C\CC. The zero-order valence-corrected chi connectivity index (χ0v) is 51.7. The Labute approximate surface area is 497 Å². The molecule has 0 aliphatic rings. The van der Waals surface area contributed by atoms with Gasteiger partial charge in [0, 0.05) is 19.3 Å². The van der Waals surface area contributed by atoms with Crippen LogP contribution in [0, 0.1) is 0 Å². The molecule has 0 saturated heterocycles. The smallest absolute Gasteiger partial charge is 0.306 e. The van der Waals surface area contributed by atoms with Crippen molar-refractivity contribution in [3.63, 3.8) is 0 Å². The molecular formula is C75H116O6. The second-order valence-electron chi connectivity index (χ2n) is 20.6. The van der Waals surface area contributed by atoms with Crippen molar-refractivity contribution in [2.45, 2.75) is 258 Å². The Balaban J connectivity index is 4.31. The lowest BCUT2D eigenvalue weighted by atomic mass is 10.1. The highest BCUT2D eigenvalue weighted by Crippen LogP contribution is 2.13. The van der Waals surface area contributed by atoms with Crippen LogP contribution in [0.25, 0.3) is 0 Å². The Morgan fingerprint density at radius 3 is 0.778 bits per heavy atom. The van der Waals surface area contributed by atoms with E-state index in [4.69, 9.17) is 14.2 Å². The van der Waals surface area contributed by atoms with E-state index in [1.165, 1.54) is 51.4 Å². The van der Waals surface area contributed by atoms with Crippen molar-refractivity contribution in [3.8, 4) is 0 Å². The zero-order chi connectivity index (χ0) is 58.5. The maximum atomic E-state index is 12.9. The van der Waals surface area contributed by atoms with Gasteiger partial charge in [0.15, 0.2) is 6.10 Å². The van der Waals surface area contributed by atoms with Gasteiger partial charge in [0.25, 0.3) is 0 Å². The lowest BCUT2D eigenvalue weighted by Crippen LogP contribution is -2.30. The van der Waals surface area contributed by atoms with Gasteiger partial charge in [-0.2, -0.15) is 0 Å². The number of allylic oxidation sites excluding steroid dienone is 30. The van der Waals surface area contributed by atoms with E-state index in [1.807, 2.05) is 0 Å². The number of unbranched alkanes of at least 4 members (excludes halogenated alkanes) is 15. The number of carbonyl (C=O) groups is 3. The molecule has 1 unspecified atom stereocenters. The molecule has 1 atom stereocenters. The summed E-state index contributed by atoms with van der Waals surface area (Å²) < 4.78 is 16.8. The topological polar surface area (TPSA) is 78.9 Å². The molecule has 0 aromatic heterocycles. The van der Waals surface area contributed by atoms with Crippen molar-refractivity contribution >= 4 is 17.9 Å². The maximum Gasteiger partial charge on any atom is 0.306 e. The molecule has 0 aliphatic carbocycles. The Morgan fingerprint density at radius 1 is 0.259 bits per heavy atom. The van der Waals surface area contributed by atoms with E-state index in [-0.39, 0.29) is 37.5 Å². The Morgan fingerprint density at radius 2 is 0.481 bits per heavy atom. The standard InChI is InChI=1S/C75H116O6/c1-4-7-10-13-16-18-20-22-24-26-28-30-32-34-36-37-39-40-42-44-46-48-50-52-54-56-59-62-65-68-74(77)80-71-72(70-79-73(76)67-64-61-58-15-12-9-6-3)81-75(78)69-66-63-60-57-55-53-51-49-47-45-43-41-38-35-33-31-29-27-25-23-21-19-17-14-11-8-5-2/h7-8,10-11,16-19,22-25,28-31,34-36,38-40,43-46,49,51,55,57,72H,4-6,9,12-15,20-21,26-27,32-33,37,41-42,47-48,50,52-54,56,58-71H2,1-3H3/b10-7-,11-8-,18-16-,19-17-,24-22-,25-23-,30-28-,31-29-,36-34-,38-35-,40-39-,45-43-,46-44-,51-49-,57-55-. The highest BCUT2D eigenvalue weighted by atomic mass is 16.6. The van der Waals surface area contributed by atoms with Crippen LogP contribution in [0.4, 0.5) is 0 Å². The fourth-order valence-electron chi connectivity index (χ4n) is 8.14. The molecule has 0 saturated carbocycles. The molecule has 0 heterocycles. The lowest BCUT2D eigenvalue weighted by molar-refractivity contribution is -0.167. The summed E-state index contributed by atoms with van der Waals surface area (Å²) in [6.07, 6.45) is 101. The van der Waals surface area contributed by atoms with E-state index in [9.17, 15) is 14.4 Å². The van der Waals surface area contributed by atoms with Crippen molar-refractivity contribution in [3.05, 3.63) is 182 Å². The summed E-state index contributed by atoms with van der Waals surface area (Å²) in [7, 11) is 0. The van der Waals surface area contributed by atoms with Crippen LogP contribution in [-0.4, -0.2) is 37.2 Å². The van der Waals surface area contributed by atoms with Crippen LogP contribution in [0.1, 0.15) is 252 Å². The molecule has 0 rings (SSSR count). The molecule has 6 heteroatoms. The minimum absolute atomic E-state index is 0.107. The summed E-state index contributed by atoms with van der Waals surface area (Å²) in [5.74, 6) is -0.978. The molecule has 0 radical (unpaired) electrons. The Bertz CT molecular complexity index is 1900. The van der Waals surface area contributed by atoms with Crippen LogP contribution in [0.15, 0.2) is 182 Å². The van der Waals surface area contributed by atoms with Gasteiger partial charge in [-0.25, -0.2) is 0 Å². The second-order valence-corrected chi connectivity index (χ2v) is 20.6. The van der Waals surface area contributed by atoms with Gasteiger partial charge in [-0.3, -0.25) is 14.4 Å². The van der Waals surface area contributed by atoms with Crippen LogP contribution in [0.2, 0.25) is 0 Å². The quantitative estimate of drug-likeness (QED) is 0.0261. The van der Waals surface area contributed by atoms with E-state index in [2.05, 4.69) is 203 Å². The van der Waals surface area contributed by atoms with Gasteiger partial charge < -0.3 is 14.2 Å². The lowest BCUT2D eigenvalue weighted by Gasteiger charge is -2.18. The summed E-state index contributed by atoms with van der Waals surface area (Å²) >= 11 is 0. The fourth-order valence-corrected chi connectivity index (χ4v) is 8.14. The first-order valence-electron chi connectivity index (χ1n) is 32.3. The summed E-state index contributed by atoms with van der Waals surface area (Å²) in [5, 5.41) is 0. The summed E-state index contributed by atoms with van der Waals surface area (Å²) in [5.41, 5.74) is 0. The van der Waals surface area contributed by atoms with Gasteiger partial charge >= 0.3 is 17.9 Å². The third-order valence-electron chi connectivity index (χ3n) is 12.9. The zero-order valence-electron chi connectivity index (χ0n) is 51.7. The van der Waals surface area contributed by atoms with Crippen molar-refractivity contribution in [2.24, 2.45) is 0 Å². The predicted molar refractivity (Wildman–Crippen MR) is 352 cm³/mol. The van der Waals surface area contributed by atoms with E-state index in [0.29, 0.717) is 19.3 Å². The van der Waals surface area contributed by atoms with Crippen LogP contribution in [0.3, 0.4) is 0 Å². The van der Waals surface area contributed by atoms with Crippen LogP contribution in [0.5, 0.6) is 0 Å². The first kappa shape index (κ1) is 75.5. The Kier molecular flexibility index (Phi) is 62.5. The third kappa shape index (κ3) is 65.2. The second kappa shape index (κ2) is 67.0. The van der Waals surface area contributed by atoms with Crippen LogP contribution < -0.4 is 0 Å². The van der Waals surface area contributed by atoms with Crippen molar-refractivity contribution in [2.75, 3.05) is 13.2 Å². The molecule has 0 fully saturated rings. The predicted octanol–water partition coefficient (Wildman–Crippen LogP) is 22.4. The molecule has 0 bridgehead atoms. The van der Waals surface area contributed by atoms with Crippen molar-refractivity contribution < 1.29 is 28.6 Å². The molecule has 452 valence electrons. The first-order chi connectivity index (χ1) is 40.0. The molecule has 0 aromatic rings. The van der Waals surface area contributed by atoms with E-state index < -0.39 is 6.10 Å². The number of carbonyl (C=O) groups excluding carboxylic acids is 3. The van der Waals surface area contributed by atoms with Gasteiger partial charge in [0.1, 0.15) is 13.2 Å². The summed E-state index contributed by atoms with van der Waals surface area (Å²) in [6, 6.07) is 0. The molecule has 0 aromatic carbocycles. The monoisotopic (exact) mass is 1110 g/mol. The molecule has 0 aliphatic heterocycles. The minimum atomic E-state index is -0.814. The molecule has 0 N–H and O–H groups in total. The number of rotatable bonds is 56. The number of hydrogen-bond acceptors (Lipinski definition) is 6. The van der Waals surface area contributed by atoms with Gasteiger partial charge in [0.05, 0.1) is 0 Å². The third-order valence-corrected chi connectivity index (χ3v) is 12.9. The van der Waals surface area contributed by atoms with Gasteiger partial charge in [-0.15, -0.1) is 0 Å². The molecule has 0 amide bonds. The van der Waals surface area contributed by atoms with E-state index in [0.717, 1.165) is 154 Å². The molecular weight excluding hydrogens is 997 g/mol. The number of ether oxygens (including phenoxy) is 3. The fraction of sp³-hybridized carbons (Fsp3) is 0.560. The molecule has 0 spiro atoms. The summed E-state index contributed by atoms with van der Waals surface area (Å²) in [4.78, 5) is 38.1. The van der Waals surface area contributed by atoms with Gasteiger partial charge in [-0.1, -0.05) is 274 Å². The summed E-state index contributed by atoms with van der Waals surface area (Å²) in [6.45, 7) is 6.31. The molecule has 81 heavy (non-hydrogen) atoms. The van der Waals surface area contributed by atoms with E-state index in [1.54, 1.807) is 0 Å². The minimum Gasteiger partial charge on any atom is -0.462 e.